The number of aliphatic hydroxyl groups is 3. The van der Waals surface area contributed by atoms with Gasteiger partial charge in [-0.1, -0.05) is 13.2 Å². The summed E-state index contributed by atoms with van der Waals surface area (Å²) in [5.74, 6) is 0. The molecule has 4 aliphatic heterocycles. The summed E-state index contributed by atoms with van der Waals surface area (Å²) in [5.41, 5.74) is -1.39. The third-order valence-electron chi connectivity index (χ3n) is 4.85. The van der Waals surface area contributed by atoms with E-state index < -0.39 is 25.7 Å². The van der Waals surface area contributed by atoms with Crippen LogP contribution in [-0.2, 0) is 28.0 Å². The summed E-state index contributed by atoms with van der Waals surface area (Å²) < 4.78 is 59.3. The molecule has 4 aliphatic rings. The van der Waals surface area contributed by atoms with Crippen molar-refractivity contribution in [3.05, 3.63) is 12.8 Å². The van der Waals surface area contributed by atoms with E-state index in [9.17, 15) is 5.11 Å². The van der Waals surface area contributed by atoms with Crippen molar-refractivity contribution in [2.75, 3.05) is 53.9 Å². The molecule has 10 nitrogen and oxygen atoms in total. The Morgan fingerprint density at radius 3 is 2.27 bits per heavy atom. The zero-order valence-electron chi connectivity index (χ0n) is 23.2. The van der Waals surface area contributed by atoms with Crippen molar-refractivity contribution in [2.24, 2.45) is 0 Å². The van der Waals surface area contributed by atoms with Gasteiger partial charge in [-0.3, -0.25) is 12.8 Å². The van der Waals surface area contributed by atoms with E-state index in [0.29, 0.717) is 39.5 Å². The summed E-state index contributed by atoms with van der Waals surface area (Å²) in [4.78, 5) is 0. The Morgan fingerprint density at radius 1 is 1.15 bits per heavy atom. The van der Waals surface area contributed by atoms with Crippen LogP contribution in [0.3, 0.4) is 0 Å². The number of hydrogen-bond donors (Lipinski definition) is 3. The van der Waals surface area contributed by atoms with Crippen molar-refractivity contribution in [3.63, 3.8) is 0 Å². The molecule has 4 fully saturated rings. The number of fused-ring (bicyclic) bond motifs is 4. The fourth-order valence-corrected chi connectivity index (χ4v) is 4.28. The molecule has 0 saturated carbocycles. The minimum atomic E-state index is -1.08. The van der Waals surface area contributed by atoms with E-state index in [1.165, 1.54) is 14.2 Å². The Morgan fingerprint density at radius 2 is 1.70 bits per heavy atom. The first-order valence-electron chi connectivity index (χ1n) is 11.9. The van der Waals surface area contributed by atoms with Gasteiger partial charge in [-0.05, 0) is 26.0 Å². The average molecular weight is 948 g/mol. The van der Waals surface area contributed by atoms with Crippen molar-refractivity contribution in [3.8, 4) is 6.07 Å². The smallest absolute Gasteiger partial charge is 0.210 e. The molecule has 13 heteroatoms. The molecule has 0 spiro atoms. The molecular weight excluding hydrogens is 905 g/mol. The number of hydrogen-bond acceptors (Lipinski definition) is 10. The van der Waals surface area contributed by atoms with Gasteiger partial charge in [-0.15, -0.1) is 0 Å². The second-order valence-corrected chi connectivity index (χ2v) is 8.27. The number of nitriles is 1. The Balaban J connectivity index is 0. The molecule has 4 rings (SSSR count). The van der Waals surface area contributed by atoms with Crippen LogP contribution in [0.2, 0.25) is 0 Å². The predicted octanol–water partition coefficient (Wildman–Crippen LogP) is 0.592. The Kier molecular flexibility index (Phi) is 16.7. The van der Waals surface area contributed by atoms with E-state index in [2.05, 4.69) is 10.2 Å². The molecule has 4 saturated heterocycles. The molecule has 7 atom stereocenters. The van der Waals surface area contributed by atoms with Crippen molar-refractivity contribution >= 4 is 8.38 Å². The molecule has 0 amide bonds. The second kappa shape index (κ2) is 18.8. The van der Waals surface area contributed by atoms with Gasteiger partial charge in [0.25, 0.3) is 0 Å². The number of aliphatic hydroxyl groups excluding tert-OH is 3. The van der Waals surface area contributed by atoms with Gasteiger partial charge in [0.15, 0.2) is 8.38 Å². The van der Waals surface area contributed by atoms with E-state index in [-0.39, 0.29) is 94.3 Å². The first-order chi connectivity index (χ1) is 16.8. The van der Waals surface area contributed by atoms with Crippen LogP contribution in [0.25, 0.3) is 0 Å². The Labute approximate surface area is 251 Å². The summed E-state index contributed by atoms with van der Waals surface area (Å²) in [6.45, 7) is 4.12. The molecule has 0 aromatic heterocycles. The van der Waals surface area contributed by atoms with Crippen molar-refractivity contribution in [2.45, 2.75) is 55.8 Å². The summed E-state index contributed by atoms with van der Waals surface area (Å²) >= 11 is 0. The van der Waals surface area contributed by atoms with Crippen LogP contribution in [0.5, 0.6) is 0 Å². The molecule has 0 aliphatic carbocycles. The van der Waals surface area contributed by atoms with Crippen LogP contribution in [0, 0.1) is 86.4 Å². The molecule has 0 radical (unpaired) electrons. The van der Waals surface area contributed by atoms with Gasteiger partial charge in [-0.25, -0.2) is 0 Å². The van der Waals surface area contributed by atoms with Gasteiger partial charge in [0, 0.05) is 85.9 Å². The fraction of sp³-hybridized carbons (Fsp3) is 0.850. The third-order valence-corrected chi connectivity index (χ3v) is 5.93. The van der Waals surface area contributed by atoms with Crippen LogP contribution in [0.1, 0.15) is 23.0 Å². The van der Waals surface area contributed by atoms with Crippen molar-refractivity contribution in [1.82, 2.24) is 0 Å². The van der Waals surface area contributed by atoms with Crippen molar-refractivity contribution < 1.29 is 108 Å². The monoisotopic (exact) mass is 947 g/mol. The van der Waals surface area contributed by atoms with E-state index in [0.717, 1.165) is 0 Å². The van der Waals surface area contributed by atoms with Gasteiger partial charge in [0.2, 0.25) is 2.86 Å². The molecule has 4 heterocycles. The SMILES string of the molecule is [2H]CC12COC([CH-]CO1)C2O.[2H]CC12COC([CH-]CO1)C2OP(C)OCCC#N.[3H]OC.[3H]OC.[U].[U]. The molecule has 7 unspecified atom stereocenters. The third kappa shape index (κ3) is 10.5. The average Bonchev–Trinajstić information content (AvgIpc) is 3.14. The Bertz CT molecular complexity index is 627. The summed E-state index contributed by atoms with van der Waals surface area (Å²) in [6, 6.07) is 2.02. The molecule has 0 aromatic carbocycles. The van der Waals surface area contributed by atoms with Gasteiger partial charge < -0.3 is 43.3 Å². The maximum atomic E-state index is 9.56. The standard InChI is InChI=1S/C11H17NO4P.C7H11O3.2CH4O.2U/c1-11-8-13-9(4-7-14-11)10(11)16-17(2)15-6-3-5-12;1-7-4-9-5(6(7)8)2-3-10-7;2*1-2;;/h4,9-10H,3,6-8H2,1-2H3;2,5-6,8H,3-4H2,1H3;2*2H,1H3;;/q2*-1;;;;/i2*1D;2*2T;;. The zero-order valence-corrected chi connectivity index (χ0v) is 28.5. The van der Waals surface area contributed by atoms with Crippen LogP contribution in [0.4, 0.5) is 0 Å². The summed E-state index contributed by atoms with van der Waals surface area (Å²) in [7, 11) is 1.50. The number of rotatable bonds is 5. The summed E-state index contributed by atoms with van der Waals surface area (Å²) in [6.07, 6.45) is 2.82. The predicted molar refractivity (Wildman–Crippen MR) is 113 cm³/mol. The molecule has 3 N–H and O–H groups in total. The first-order valence-corrected chi connectivity index (χ1v) is 11.3. The first kappa shape index (κ1) is 29.2. The van der Waals surface area contributed by atoms with E-state index in [1.807, 2.05) is 19.2 Å². The Hall–Kier alpha value is 1.66. The van der Waals surface area contributed by atoms with Crippen LogP contribution >= 0.6 is 8.38 Å². The van der Waals surface area contributed by atoms with E-state index in [1.54, 1.807) is 6.42 Å². The van der Waals surface area contributed by atoms with Gasteiger partial charge in [-0.2, -0.15) is 5.26 Å². The molecule has 0 aromatic rings. The molecule has 190 valence electrons. The van der Waals surface area contributed by atoms with E-state index >= 15 is 0 Å². The second-order valence-electron chi connectivity index (χ2n) is 6.93. The largest absolute Gasteiger partial charge is 0.404 e. The number of nitrogens with zero attached hydrogens (tertiary/aromatic N) is 1. The molecule has 33 heavy (non-hydrogen) atoms. The van der Waals surface area contributed by atoms with Gasteiger partial charge >= 0.3 is 0 Å². The fourth-order valence-electron chi connectivity index (χ4n) is 3.24. The number of ether oxygens (including phenoxy) is 4. The summed E-state index contributed by atoms with van der Waals surface area (Å²) in [5, 5.41) is 25.0. The topological polar surface area (TPSA) is 140 Å². The maximum absolute atomic E-state index is 9.56. The van der Waals surface area contributed by atoms with E-state index in [4.69, 9.17) is 38.9 Å². The van der Waals surface area contributed by atoms with Crippen LogP contribution in [0.15, 0.2) is 0 Å². The molecular formula is C20H36NO9PU2-2. The van der Waals surface area contributed by atoms with Gasteiger partial charge in [0.05, 0.1) is 44.5 Å². The minimum Gasteiger partial charge on any atom is -0.404 e. The molecule has 4 bridgehead atoms. The zero-order chi connectivity index (χ0) is 26.3. The van der Waals surface area contributed by atoms with Crippen LogP contribution in [-0.4, -0.2) is 108 Å². The normalized spacial score (nSPS) is 37.5. The van der Waals surface area contributed by atoms with Crippen LogP contribution < -0.4 is 0 Å². The van der Waals surface area contributed by atoms with Gasteiger partial charge in [0.1, 0.15) is 11.2 Å². The van der Waals surface area contributed by atoms with Crippen molar-refractivity contribution in [1.29, 1.82) is 8.12 Å². The quantitative estimate of drug-likeness (QED) is 0.204. The minimum absolute atomic E-state index is 0. The maximum Gasteiger partial charge on any atom is 0.210 e.